The zero-order valence-electron chi connectivity index (χ0n) is 6.46. The Morgan fingerprint density at radius 3 is 2.85 bits per heavy atom. The number of halogens is 2. The second-order valence-corrected chi connectivity index (χ2v) is 3.40. The Bertz CT molecular complexity index is 472. The molecule has 0 aliphatic carbocycles. The van der Waals surface area contributed by atoms with Crippen molar-refractivity contribution < 1.29 is 4.39 Å². The van der Waals surface area contributed by atoms with Gasteiger partial charge in [0.2, 0.25) is 0 Å². The van der Waals surface area contributed by atoms with Crippen LogP contribution in [-0.2, 0) is 0 Å². The number of nitrogens with zero attached hydrogens (tertiary/aromatic N) is 2. The Morgan fingerprint density at radius 1 is 1.31 bits per heavy atom. The molecule has 1 aromatic carbocycles. The largest absolute Gasteiger partial charge is 0.383 e. The molecule has 0 spiro atoms. The number of benzene rings is 1. The molecule has 0 unspecified atom stereocenters. The molecule has 0 atom stereocenters. The van der Waals surface area contributed by atoms with Crippen LogP contribution in [0.1, 0.15) is 0 Å². The van der Waals surface area contributed by atoms with Crippen molar-refractivity contribution in [3.8, 4) is 0 Å². The first-order chi connectivity index (χ1) is 6.18. The van der Waals surface area contributed by atoms with Gasteiger partial charge in [0.15, 0.2) is 0 Å². The summed E-state index contributed by atoms with van der Waals surface area (Å²) in [6.07, 6.45) is 1.35. The van der Waals surface area contributed by atoms with Crippen LogP contribution in [0.4, 0.5) is 10.2 Å². The molecule has 0 fully saturated rings. The maximum absolute atomic E-state index is 12.9. The quantitative estimate of drug-likeness (QED) is 0.769. The highest BCUT2D eigenvalue weighted by Crippen LogP contribution is 2.25. The predicted molar refractivity (Wildman–Crippen MR) is 51.6 cm³/mol. The van der Waals surface area contributed by atoms with E-state index in [1.807, 2.05) is 0 Å². The van der Waals surface area contributed by atoms with Gasteiger partial charge in [-0.25, -0.2) is 14.4 Å². The minimum atomic E-state index is -0.360. The molecule has 0 bridgehead atoms. The Hall–Kier alpha value is -1.23. The minimum absolute atomic E-state index is 0.283. The lowest BCUT2D eigenvalue weighted by atomic mass is 10.2. The summed E-state index contributed by atoms with van der Waals surface area (Å²) < 4.78 is 13.5. The number of hydrogen-bond acceptors (Lipinski definition) is 3. The number of rotatable bonds is 0. The third-order valence-electron chi connectivity index (χ3n) is 1.69. The lowest BCUT2D eigenvalue weighted by molar-refractivity contribution is 0.629. The number of nitrogen functional groups attached to an aromatic ring is 1. The fraction of sp³-hybridized carbons (Fsp3) is 0. The van der Waals surface area contributed by atoms with Gasteiger partial charge in [0.05, 0.1) is 5.52 Å². The van der Waals surface area contributed by atoms with Crippen LogP contribution < -0.4 is 5.73 Å². The first-order valence-electron chi connectivity index (χ1n) is 3.53. The Kier molecular flexibility index (Phi) is 1.88. The van der Waals surface area contributed by atoms with Gasteiger partial charge in [-0.3, -0.25) is 0 Å². The van der Waals surface area contributed by atoms with Gasteiger partial charge >= 0.3 is 0 Å². The monoisotopic (exact) mass is 241 g/mol. The van der Waals surface area contributed by atoms with Gasteiger partial charge < -0.3 is 5.73 Å². The highest BCUT2D eigenvalue weighted by atomic mass is 79.9. The molecule has 0 aliphatic heterocycles. The number of hydrogen-bond donors (Lipinski definition) is 1. The summed E-state index contributed by atoms with van der Waals surface area (Å²) in [4.78, 5) is 7.75. The van der Waals surface area contributed by atoms with E-state index < -0.39 is 0 Å². The van der Waals surface area contributed by atoms with Crippen molar-refractivity contribution in [2.75, 3.05) is 5.73 Å². The molecule has 5 heteroatoms. The number of aromatic nitrogens is 2. The highest BCUT2D eigenvalue weighted by Gasteiger charge is 2.05. The summed E-state index contributed by atoms with van der Waals surface area (Å²) >= 11 is 3.20. The molecule has 2 rings (SSSR count). The Balaban J connectivity index is 2.94. The van der Waals surface area contributed by atoms with E-state index in [0.29, 0.717) is 15.4 Å². The van der Waals surface area contributed by atoms with Gasteiger partial charge in [-0.15, -0.1) is 0 Å². The molecule has 0 saturated heterocycles. The molecule has 1 aromatic heterocycles. The molecule has 3 nitrogen and oxygen atoms in total. The van der Waals surface area contributed by atoms with Crippen LogP contribution in [0.25, 0.3) is 10.9 Å². The molecule has 2 aromatic rings. The summed E-state index contributed by atoms with van der Waals surface area (Å²) in [7, 11) is 0. The normalized spacial score (nSPS) is 10.6. The van der Waals surface area contributed by atoms with E-state index in [9.17, 15) is 4.39 Å². The van der Waals surface area contributed by atoms with E-state index in [0.717, 1.165) is 0 Å². The van der Waals surface area contributed by atoms with Gasteiger partial charge in [-0.05, 0) is 28.1 Å². The van der Waals surface area contributed by atoms with E-state index in [4.69, 9.17) is 5.73 Å². The second kappa shape index (κ2) is 2.92. The third kappa shape index (κ3) is 1.35. The molecule has 13 heavy (non-hydrogen) atoms. The van der Waals surface area contributed by atoms with Crippen molar-refractivity contribution in [3.05, 3.63) is 28.7 Å². The van der Waals surface area contributed by atoms with Crippen LogP contribution in [0, 0.1) is 5.82 Å². The Labute approximate surface area is 81.9 Å². The molecule has 2 N–H and O–H groups in total. The topological polar surface area (TPSA) is 51.8 Å². The van der Waals surface area contributed by atoms with Crippen LogP contribution in [0.15, 0.2) is 22.9 Å². The van der Waals surface area contributed by atoms with Gasteiger partial charge in [0.25, 0.3) is 0 Å². The minimum Gasteiger partial charge on any atom is -0.383 e. The average Bonchev–Trinajstić information content (AvgIpc) is 2.07. The summed E-state index contributed by atoms with van der Waals surface area (Å²) in [5.41, 5.74) is 6.17. The van der Waals surface area contributed by atoms with E-state index in [1.165, 1.54) is 18.5 Å². The standard InChI is InChI=1S/C8H5BrFN3/c9-6-2-4(10)1-5-7(6)12-3-13-8(5)11/h1-3H,(H2,11,12,13). The van der Waals surface area contributed by atoms with Crippen molar-refractivity contribution in [3.63, 3.8) is 0 Å². The summed E-state index contributed by atoms with van der Waals surface area (Å²) in [6, 6.07) is 2.66. The summed E-state index contributed by atoms with van der Waals surface area (Å²) in [5.74, 6) is -0.0777. The molecule has 0 radical (unpaired) electrons. The molecule has 0 aliphatic rings. The fourth-order valence-corrected chi connectivity index (χ4v) is 1.65. The highest BCUT2D eigenvalue weighted by molar-refractivity contribution is 9.10. The SMILES string of the molecule is Nc1ncnc2c(Br)cc(F)cc12. The van der Waals surface area contributed by atoms with E-state index in [1.54, 1.807) is 0 Å². The summed E-state index contributed by atoms with van der Waals surface area (Å²) in [6.45, 7) is 0. The molecule has 1 heterocycles. The summed E-state index contributed by atoms with van der Waals surface area (Å²) in [5, 5.41) is 0.523. The van der Waals surface area contributed by atoms with Gasteiger partial charge in [0, 0.05) is 9.86 Å². The van der Waals surface area contributed by atoms with Crippen molar-refractivity contribution in [1.82, 2.24) is 9.97 Å². The molecule has 0 saturated carbocycles. The number of anilines is 1. The van der Waals surface area contributed by atoms with E-state index in [-0.39, 0.29) is 11.6 Å². The molecular weight excluding hydrogens is 237 g/mol. The number of fused-ring (bicyclic) bond motifs is 1. The predicted octanol–water partition coefficient (Wildman–Crippen LogP) is 2.11. The first kappa shape index (κ1) is 8.37. The molecule has 0 amide bonds. The van der Waals surface area contributed by atoms with Crippen LogP contribution in [0.5, 0.6) is 0 Å². The van der Waals surface area contributed by atoms with Crippen molar-refractivity contribution >= 4 is 32.7 Å². The lowest BCUT2D eigenvalue weighted by Crippen LogP contribution is -1.94. The maximum atomic E-state index is 12.9. The third-order valence-corrected chi connectivity index (χ3v) is 2.29. The van der Waals surface area contributed by atoms with Crippen LogP contribution in [0.3, 0.4) is 0 Å². The first-order valence-corrected chi connectivity index (χ1v) is 4.33. The van der Waals surface area contributed by atoms with Crippen LogP contribution in [0.2, 0.25) is 0 Å². The number of nitrogens with two attached hydrogens (primary N) is 1. The van der Waals surface area contributed by atoms with Gasteiger partial charge in [-0.1, -0.05) is 0 Å². The maximum Gasteiger partial charge on any atom is 0.134 e. The van der Waals surface area contributed by atoms with Crippen LogP contribution >= 0.6 is 15.9 Å². The fourth-order valence-electron chi connectivity index (χ4n) is 1.11. The van der Waals surface area contributed by atoms with Gasteiger partial charge in [-0.2, -0.15) is 0 Å². The second-order valence-electron chi connectivity index (χ2n) is 2.54. The Morgan fingerprint density at radius 2 is 2.08 bits per heavy atom. The van der Waals surface area contributed by atoms with E-state index in [2.05, 4.69) is 25.9 Å². The molecular formula is C8H5BrFN3. The van der Waals surface area contributed by atoms with Crippen molar-refractivity contribution in [2.45, 2.75) is 0 Å². The van der Waals surface area contributed by atoms with E-state index >= 15 is 0 Å². The zero-order chi connectivity index (χ0) is 9.42. The van der Waals surface area contributed by atoms with Crippen molar-refractivity contribution in [1.29, 1.82) is 0 Å². The van der Waals surface area contributed by atoms with Crippen LogP contribution in [-0.4, -0.2) is 9.97 Å². The zero-order valence-corrected chi connectivity index (χ0v) is 8.05. The van der Waals surface area contributed by atoms with Gasteiger partial charge in [0.1, 0.15) is 18.0 Å². The van der Waals surface area contributed by atoms with Crippen molar-refractivity contribution in [2.24, 2.45) is 0 Å². The lowest BCUT2D eigenvalue weighted by Gasteiger charge is -2.01. The average molecular weight is 242 g/mol. The smallest absolute Gasteiger partial charge is 0.134 e. The molecule has 66 valence electrons.